The van der Waals surface area contributed by atoms with Gasteiger partial charge in [-0.1, -0.05) is 64.7 Å². The number of rotatable bonds is 11. The second-order valence-corrected chi connectivity index (χ2v) is 10.8. The molecule has 3 amide bonds. The molecule has 0 bridgehead atoms. The van der Waals surface area contributed by atoms with Gasteiger partial charge in [0.15, 0.2) is 0 Å². The molecule has 198 valence electrons. The average molecular weight is 498 g/mol. The van der Waals surface area contributed by atoms with Crippen molar-refractivity contribution in [1.29, 1.82) is 0 Å². The number of hydrogen-bond donors (Lipinski definition) is 2. The van der Waals surface area contributed by atoms with Gasteiger partial charge in [-0.3, -0.25) is 9.59 Å². The van der Waals surface area contributed by atoms with Crippen molar-refractivity contribution in [2.45, 2.75) is 97.9 Å². The molecule has 1 aromatic carbocycles. The Morgan fingerprint density at radius 3 is 2.39 bits per heavy atom. The van der Waals surface area contributed by atoms with Crippen molar-refractivity contribution >= 4 is 17.9 Å². The number of ether oxygens (including phenoxy) is 1. The molecule has 2 N–H and O–H groups in total. The summed E-state index contributed by atoms with van der Waals surface area (Å²) in [5.41, 5.74) is 0.478. The summed E-state index contributed by atoms with van der Waals surface area (Å²) in [6.07, 6.45) is 8.35. The van der Waals surface area contributed by atoms with Gasteiger partial charge in [0.1, 0.15) is 17.7 Å². The molecule has 7 nitrogen and oxygen atoms in total. The number of benzene rings is 1. The number of terminal acetylenes is 1. The molecule has 0 saturated heterocycles. The number of unbranched alkanes of at least 4 members (excludes halogenated alkanes) is 1. The normalized spacial score (nSPS) is 19.3. The van der Waals surface area contributed by atoms with Crippen molar-refractivity contribution < 1.29 is 19.1 Å². The molecule has 36 heavy (non-hydrogen) atoms. The van der Waals surface area contributed by atoms with Gasteiger partial charge in [-0.15, -0.1) is 6.42 Å². The smallest absolute Gasteiger partial charge is 0.408 e. The van der Waals surface area contributed by atoms with Crippen molar-refractivity contribution in [3.05, 3.63) is 35.4 Å². The van der Waals surface area contributed by atoms with Gasteiger partial charge in [0, 0.05) is 18.2 Å². The molecule has 1 aliphatic carbocycles. The van der Waals surface area contributed by atoms with Gasteiger partial charge in [-0.2, -0.15) is 0 Å². The molecule has 0 spiro atoms. The van der Waals surface area contributed by atoms with Crippen molar-refractivity contribution in [2.75, 3.05) is 6.54 Å². The first-order chi connectivity index (χ1) is 16.9. The first kappa shape index (κ1) is 29.2. The topological polar surface area (TPSA) is 87.7 Å². The van der Waals surface area contributed by atoms with Crippen molar-refractivity contribution in [3.8, 4) is 12.3 Å². The number of alkyl carbamates (subject to hydrolysis) is 1. The Balaban J connectivity index is 2.54. The predicted molar refractivity (Wildman–Crippen MR) is 142 cm³/mol. The highest BCUT2D eigenvalue weighted by Gasteiger charge is 2.49. The van der Waals surface area contributed by atoms with Crippen LogP contribution >= 0.6 is 0 Å². The third kappa shape index (κ3) is 7.74. The van der Waals surface area contributed by atoms with Crippen LogP contribution < -0.4 is 10.6 Å². The third-order valence-electron chi connectivity index (χ3n) is 6.60. The van der Waals surface area contributed by atoms with E-state index in [0.29, 0.717) is 24.1 Å². The van der Waals surface area contributed by atoms with Gasteiger partial charge >= 0.3 is 6.09 Å². The second-order valence-electron chi connectivity index (χ2n) is 10.8. The number of nitrogens with zero attached hydrogens (tertiary/aromatic N) is 1. The van der Waals surface area contributed by atoms with E-state index < -0.39 is 23.8 Å². The largest absolute Gasteiger partial charge is 0.444 e. The second kappa shape index (κ2) is 12.8. The van der Waals surface area contributed by atoms with Crippen LogP contribution in [0.25, 0.3) is 0 Å². The summed E-state index contributed by atoms with van der Waals surface area (Å²) in [5, 5.41) is 5.81. The third-order valence-corrected chi connectivity index (χ3v) is 6.60. The molecule has 5 unspecified atom stereocenters. The average Bonchev–Trinajstić information content (AvgIpc) is 3.54. The van der Waals surface area contributed by atoms with E-state index in [2.05, 4.69) is 30.4 Å². The summed E-state index contributed by atoms with van der Waals surface area (Å²) in [4.78, 5) is 42.3. The number of carbonyl (C=O) groups excluding carboxylic acids is 3. The maximum absolute atomic E-state index is 14.2. The van der Waals surface area contributed by atoms with E-state index in [0.717, 1.165) is 19.3 Å². The number of carbonyl (C=O) groups is 3. The zero-order chi connectivity index (χ0) is 27.0. The number of nitrogens with one attached hydrogen (secondary N) is 2. The van der Waals surface area contributed by atoms with E-state index in [-0.39, 0.29) is 29.7 Å². The standard InChI is InChI=1S/C29H43N3O4/c1-9-12-17-30-26(33)25(22-16-14-13-15-21(22)11-3)32(23-18-20(23)5)27(34)24(19(4)10-2)31-28(35)36-29(6,7)8/h3,13-16,19-20,23-25H,9-10,12,17-18H2,1-2,4-8H3,(H,30,33)(H,31,35). The molecular formula is C29H43N3O4. The molecule has 1 saturated carbocycles. The minimum Gasteiger partial charge on any atom is -0.444 e. The Kier molecular flexibility index (Phi) is 10.4. The maximum atomic E-state index is 14.2. The first-order valence-corrected chi connectivity index (χ1v) is 13.1. The molecule has 0 radical (unpaired) electrons. The Labute approximate surface area is 216 Å². The van der Waals surface area contributed by atoms with E-state index in [1.807, 2.05) is 32.0 Å². The highest BCUT2D eigenvalue weighted by atomic mass is 16.6. The van der Waals surface area contributed by atoms with E-state index in [4.69, 9.17) is 11.2 Å². The van der Waals surface area contributed by atoms with Crippen molar-refractivity contribution in [3.63, 3.8) is 0 Å². The van der Waals surface area contributed by atoms with Gasteiger partial charge in [0.05, 0.1) is 0 Å². The minimum atomic E-state index is -0.899. The molecule has 0 aliphatic heterocycles. The van der Waals surface area contributed by atoms with E-state index in [1.165, 1.54) is 0 Å². The SMILES string of the molecule is C#Cc1ccccc1C(C(=O)NCCCC)N(C(=O)C(NC(=O)OC(C)(C)C)C(C)CC)C1CC1C. The van der Waals surface area contributed by atoms with Crippen LogP contribution in [0.1, 0.15) is 91.3 Å². The van der Waals surface area contributed by atoms with Crippen LogP contribution in [0.5, 0.6) is 0 Å². The molecule has 5 atom stereocenters. The Bertz CT molecular complexity index is 962. The minimum absolute atomic E-state index is 0.128. The molecule has 0 heterocycles. The van der Waals surface area contributed by atoms with Crippen LogP contribution in [0.2, 0.25) is 0 Å². The lowest BCUT2D eigenvalue weighted by Crippen LogP contribution is -2.56. The Morgan fingerprint density at radius 2 is 1.86 bits per heavy atom. The first-order valence-electron chi connectivity index (χ1n) is 13.1. The zero-order valence-electron chi connectivity index (χ0n) is 22.9. The molecule has 0 aromatic heterocycles. The lowest BCUT2D eigenvalue weighted by Gasteiger charge is -2.37. The van der Waals surface area contributed by atoms with Crippen LogP contribution in [-0.4, -0.2) is 47.0 Å². The molecule has 1 aliphatic rings. The van der Waals surface area contributed by atoms with Gasteiger partial charge in [-0.25, -0.2) is 4.79 Å². The fraction of sp³-hybridized carbons (Fsp3) is 0.621. The van der Waals surface area contributed by atoms with Crippen molar-refractivity contribution in [1.82, 2.24) is 15.5 Å². The predicted octanol–water partition coefficient (Wildman–Crippen LogP) is 4.80. The summed E-state index contributed by atoms with van der Waals surface area (Å²) in [7, 11) is 0. The van der Waals surface area contributed by atoms with Crippen LogP contribution in [0.15, 0.2) is 24.3 Å². The molecule has 1 fully saturated rings. The van der Waals surface area contributed by atoms with E-state index in [1.54, 1.807) is 31.7 Å². The molecule has 2 rings (SSSR count). The van der Waals surface area contributed by atoms with Crippen LogP contribution in [0, 0.1) is 24.2 Å². The van der Waals surface area contributed by atoms with Gasteiger partial charge in [0.2, 0.25) is 11.8 Å². The van der Waals surface area contributed by atoms with Gasteiger partial charge in [-0.05, 0) is 57.1 Å². The maximum Gasteiger partial charge on any atom is 0.408 e. The quantitative estimate of drug-likeness (QED) is 0.340. The Morgan fingerprint density at radius 1 is 1.22 bits per heavy atom. The molecule has 7 heteroatoms. The monoisotopic (exact) mass is 497 g/mol. The Hall–Kier alpha value is -3.01. The number of amides is 3. The fourth-order valence-corrected chi connectivity index (χ4v) is 4.22. The molecular weight excluding hydrogens is 454 g/mol. The van der Waals surface area contributed by atoms with E-state index in [9.17, 15) is 14.4 Å². The fourth-order valence-electron chi connectivity index (χ4n) is 4.22. The lowest BCUT2D eigenvalue weighted by molar-refractivity contribution is -0.144. The summed E-state index contributed by atoms with van der Waals surface area (Å²) in [6, 6.07) is 5.37. The van der Waals surface area contributed by atoms with Gasteiger partial charge in [0.25, 0.3) is 0 Å². The summed E-state index contributed by atoms with van der Waals surface area (Å²) in [6.45, 7) is 13.8. The summed E-state index contributed by atoms with van der Waals surface area (Å²) < 4.78 is 5.46. The molecule has 1 aromatic rings. The highest BCUT2D eigenvalue weighted by molar-refractivity contribution is 5.93. The van der Waals surface area contributed by atoms with Crippen LogP contribution in [0.4, 0.5) is 4.79 Å². The van der Waals surface area contributed by atoms with Gasteiger partial charge < -0.3 is 20.3 Å². The summed E-state index contributed by atoms with van der Waals surface area (Å²) in [5.74, 6) is 2.17. The lowest BCUT2D eigenvalue weighted by atomic mass is 9.94. The zero-order valence-corrected chi connectivity index (χ0v) is 22.9. The van der Waals surface area contributed by atoms with E-state index >= 15 is 0 Å². The van der Waals surface area contributed by atoms with Crippen LogP contribution in [-0.2, 0) is 14.3 Å². The summed E-state index contributed by atoms with van der Waals surface area (Å²) >= 11 is 0. The van der Waals surface area contributed by atoms with Crippen LogP contribution in [0.3, 0.4) is 0 Å². The highest BCUT2D eigenvalue weighted by Crippen LogP contribution is 2.41. The number of hydrogen-bond acceptors (Lipinski definition) is 4. The van der Waals surface area contributed by atoms with Crippen molar-refractivity contribution in [2.24, 2.45) is 11.8 Å².